The van der Waals surface area contributed by atoms with E-state index in [0.717, 1.165) is 55.1 Å². The van der Waals surface area contributed by atoms with Crippen molar-refractivity contribution in [3.63, 3.8) is 0 Å². The predicted molar refractivity (Wildman–Crippen MR) is 154 cm³/mol. The minimum atomic E-state index is 0.450. The van der Waals surface area contributed by atoms with Crippen molar-refractivity contribution in [1.82, 2.24) is 24.4 Å². The molecule has 1 saturated heterocycles. The fourth-order valence-electron chi connectivity index (χ4n) is 4.43. The number of nitrogens with zero attached hydrogens (tertiary/aromatic N) is 6. The van der Waals surface area contributed by atoms with Gasteiger partial charge in [-0.25, -0.2) is 4.98 Å². The second-order valence-corrected chi connectivity index (χ2v) is 9.40. The first-order valence-corrected chi connectivity index (χ1v) is 12.8. The van der Waals surface area contributed by atoms with Gasteiger partial charge in [-0.2, -0.15) is 4.98 Å². The number of likely N-dealkylation sites (N-methyl/N-ethyl adjacent to an activating group) is 1. The van der Waals surface area contributed by atoms with E-state index in [0.29, 0.717) is 17.5 Å². The normalized spacial score (nSPS) is 13.6. The van der Waals surface area contributed by atoms with Crippen molar-refractivity contribution >= 4 is 34.9 Å². The van der Waals surface area contributed by atoms with Crippen LogP contribution >= 0.6 is 0 Å². The van der Waals surface area contributed by atoms with Crippen molar-refractivity contribution in [2.45, 2.75) is 6.92 Å². The van der Waals surface area contributed by atoms with E-state index >= 15 is 0 Å². The Hall–Kier alpha value is -4.70. The molecule has 10 heteroatoms. The van der Waals surface area contributed by atoms with Gasteiger partial charge in [-0.15, -0.1) is 0 Å². The molecule has 1 aliphatic rings. The minimum absolute atomic E-state index is 0.450. The summed E-state index contributed by atoms with van der Waals surface area (Å²) >= 11 is 0. The van der Waals surface area contributed by atoms with Crippen molar-refractivity contribution in [3.8, 4) is 11.5 Å². The van der Waals surface area contributed by atoms with Crippen LogP contribution in [-0.4, -0.2) is 71.0 Å². The van der Waals surface area contributed by atoms with Gasteiger partial charge < -0.3 is 25.0 Å². The van der Waals surface area contributed by atoms with Crippen LogP contribution in [0, 0.1) is 6.92 Å². The molecule has 0 unspecified atom stereocenters. The Kier molecular flexibility index (Phi) is 7.83. The highest BCUT2D eigenvalue weighted by atomic mass is 16.5. The zero-order valence-electron chi connectivity index (χ0n) is 22.3. The van der Waals surface area contributed by atoms with Gasteiger partial charge in [0.1, 0.15) is 11.3 Å². The molecule has 10 nitrogen and oxygen atoms in total. The summed E-state index contributed by atoms with van der Waals surface area (Å²) in [6.45, 7) is 6.26. The smallest absolute Gasteiger partial charge is 0.268 e. The number of aryl methyl sites for hydroxylation is 1. The Morgan fingerprint density at radius 1 is 1.00 bits per heavy atom. The Labute approximate surface area is 227 Å². The zero-order valence-corrected chi connectivity index (χ0v) is 22.3. The van der Waals surface area contributed by atoms with Crippen molar-refractivity contribution in [2.24, 2.45) is 0 Å². The molecule has 2 N–H and O–H groups in total. The second-order valence-electron chi connectivity index (χ2n) is 9.40. The van der Waals surface area contributed by atoms with Gasteiger partial charge >= 0.3 is 0 Å². The number of aldehydes is 1. The fourth-order valence-corrected chi connectivity index (χ4v) is 4.43. The largest absolute Gasteiger partial charge is 0.388 e. The number of anilines is 4. The van der Waals surface area contributed by atoms with Crippen LogP contribution in [0.3, 0.4) is 0 Å². The summed E-state index contributed by atoms with van der Waals surface area (Å²) in [6.07, 6.45) is 4.16. The average Bonchev–Trinajstić information content (AvgIpc) is 3.62. The Balaban J connectivity index is 0.000000233. The number of hydrogen-bond acceptors (Lipinski definition) is 9. The molecule has 4 heterocycles. The van der Waals surface area contributed by atoms with Gasteiger partial charge in [0, 0.05) is 62.0 Å². The number of nitrogens with one attached hydrogen (secondary N) is 2. The number of fused-ring (bicyclic) bond motifs is 1. The van der Waals surface area contributed by atoms with Gasteiger partial charge in [0.25, 0.3) is 11.8 Å². The number of carbonyl (C=O) groups excluding carboxylic acids is 1. The topological polar surface area (TPSA) is 104 Å². The van der Waals surface area contributed by atoms with Gasteiger partial charge in [0.2, 0.25) is 0 Å². The maximum atomic E-state index is 10.4. The molecule has 5 aromatic rings. The van der Waals surface area contributed by atoms with Crippen LogP contribution in [0.4, 0.5) is 23.0 Å². The van der Waals surface area contributed by atoms with E-state index in [1.54, 1.807) is 10.6 Å². The number of carbonyl (C=O) groups is 1. The van der Waals surface area contributed by atoms with E-state index in [4.69, 9.17) is 4.52 Å². The van der Waals surface area contributed by atoms with Gasteiger partial charge in [0.05, 0.1) is 6.20 Å². The van der Waals surface area contributed by atoms with Crippen LogP contribution in [0.25, 0.3) is 17.1 Å². The molecule has 0 spiro atoms. The van der Waals surface area contributed by atoms with E-state index in [1.165, 1.54) is 11.3 Å². The number of imidazole rings is 1. The summed E-state index contributed by atoms with van der Waals surface area (Å²) in [5, 5.41) is 10.5. The van der Waals surface area contributed by atoms with Crippen molar-refractivity contribution in [2.75, 3.05) is 55.8 Å². The molecule has 0 aliphatic carbocycles. The van der Waals surface area contributed by atoms with E-state index in [1.807, 2.05) is 55.7 Å². The number of piperazine rings is 1. The van der Waals surface area contributed by atoms with E-state index in [-0.39, 0.29) is 0 Å². The molecule has 0 saturated carbocycles. The van der Waals surface area contributed by atoms with Crippen LogP contribution in [-0.2, 0) is 0 Å². The maximum absolute atomic E-state index is 10.4. The fraction of sp³-hybridized carbons (Fsp3) is 0.241. The SMILES string of the molecule is CNc1cc(Nc2noc(-c3cccc(N4CCN(C)CC4)c3)n2)ccc1C.O=Cc1cnc2ccccn12. The minimum Gasteiger partial charge on any atom is -0.388 e. The first-order chi connectivity index (χ1) is 19.0. The van der Waals surface area contributed by atoms with E-state index < -0.39 is 0 Å². The quantitative estimate of drug-likeness (QED) is 0.305. The maximum Gasteiger partial charge on any atom is 0.268 e. The zero-order chi connectivity index (χ0) is 27.2. The van der Waals surface area contributed by atoms with Crippen LogP contribution in [0.15, 0.2) is 77.6 Å². The number of hydrogen-bond donors (Lipinski definition) is 2. The average molecular weight is 525 g/mol. The molecular weight excluding hydrogens is 492 g/mol. The number of rotatable bonds is 6. The third-order valence-corrected chi connectivity index (χ3v) is 6.72. The molecule has 0 amide bonds. The van der Waals surface area contributed by atoms with Crippen LogP contribution in [0.5, 0.6) is 0 Å². The summed E-state index contributed by atoms with van der Waals surface area (Å²) in [4.78, 5) is 23.7. The number of pyridine rings is 1. The lowest BCUT2D eigenvalue weighted by atomic mass is 10.1. The van der Waals surface area contributed by atoms with Gasteiger partial charge in [-0.3, -0.25) is 9.20 Å². The molecule has 39 heavy (non-hydrogen) atoms. The highest BCUT2D eigenvalue weighted by molar-refractivity contribution is 5.73. The van der Waals surface area contributed by atoms with Crippen LogP contribution in [0.2, 0.25) is 0 Å². The van der Waals surface area contributed by atoms with Gasteiger partial charge in [-0.1, -0.05) is 18.2 Å². The van der Waals surface area contributed by atoms with Gasteiger partial charge in [-0.05, 0) is 67.2 Å². The number of aromatic nitrogens is 4. The van der Waals surface area contributed by atoms with Crippen LogP contribution < -0.4 is 15.5 Å². The number of benzene rings is 2. The summed E-state index contributed by atoms with van der Waals surface area (Å²) < 4.78 is 7.24. The molecule has 1 fully saturated rings. The van der Waals surface area contributed by atoms with Crippen molar-refractivity contribution in [1.29, 1.82) is 0 Å². The lowest BCUT2D eigenvalue weighted by molar-refractivity contribution is 0.111. The van der Waals surface area contributed by atoms with Crippen LogP contribution in [0.1, 0.15) is 16.1 Å². The molecule has 6 rings (SSSR count). The third-order valence-electron chi connectivity index (χ3n) is 6.72. The molecule has 2 aromatic carbocycles. The Morgan fingerprint density at radius 3 is 2.64 bits per heavy atom. The molecule has 0 atom stereocenters. The van der Waals surface area contributed by atoms with E-state index in [9.17, 15) is 4.79 Å². The first-order valence-electron chi connectivity index (χ1n) is 12.8. The Morgan fingerprint density at radius 2 is 1.85 bits per heavy atom. The molecule has 3 aromatic heterocycles. The van der Waals surface area contributed by atoms with Crippen molar-refractivity contribution < 1.29 is 9.32 Å². The van der Waals surface area contributed by atoms with Gasteiger partial charge in [0.15, 0.2) is 6.29 Å². The predicted octanol–water partition coefficient (Wildman–Crippen LogP) is 4.73. The molecule has 0 bridgehead atoms. The standard InChI is InChI=1S/C21H26N6O.C8H6N2O/c1-15-7-8-17(14-19(15)22-2)23-21-24-20(28-25-21)16-5-4-6-18(13-16)27-11-9-26(3)10-12-27;11-6-7-5-9-8-3-1-2-4-10(7)8/h4-8,13-14,22H,9-12H2,1-3H3,(H,23,25);1-6H. The summed E-state index contributed by atoms with van der Waals surface area (Å²) in [7, 11) is 4.07. The highest BCUT2D eigenvalue weighted by Crippen LogP contribution is 2.27. The molecule has 0 radical (unpaired) electrons. The van der Waals surface area contributed by atoms with E-state index in [2.05, 4.69) is 67.7 Å². The Bertz CT molecular complexity index is 1550. The molecule has 200 valence electrons. The summed E-state index contributed by atoms with van der Waals surface area (Å²) in [6, 6.07) is 20.0. The highest BCUT2D eigenvalue weighted by Gasteiger charge is 2.16. The second kappa shape index (κ2) is 11.8. The third kappa shape index (κ3) is 6.07. The van der Waals surface area contributed by atoms with Crippen molar-refractivity contribution in [3.05, 3.63) is 84.3 Å². The first kappa shape index (κ1) is 25.9. The lowest BCUT2D eigenvalue weighted by Gasteiger charge is -2.34. The summed E-state index contributed by atoms with van der Waals surface area (Å²) in [5.74, 6) is 0.963. The monoisotopic (exact) mass is 524 g/mol. The lowest BCUT2D eigenvalue weighted by Crippen LogP contribution is -2.44. The summed E-state index contributed by atoms with van der Waals surface area (Å²) in [5.41, 5.74) is 6.66. The molecular formula is C29H32N8O2. The molecule has 1 aliphatic heterocycles.